The van der Waals surface area contributed by atoms with Gasteiger partial charge >= 0.3 is 0 Å². The Balaban J connectivity index is 1.71. The highest BCUT2D eigenvalue weighted by Gasteiger charge is 2.36. The first kappa shape index (κ1) is 28.0. The van der Waals surface area contributed by atoms with Gasteiger partial charge in [0.25, 0.3) is 5.91 Å². The Morgan fingerprint density at radius 1 is 1.15 bits per heavy atom. The van der Waals surface area contributed by atoms with Crippen molar-refractivity contribution in [1.82, 2.24) is 19.8 Å². The molecule has 10 heteroatoms. The predicted molar refractivity (Wildman–Crippen MR) is 147 cm³/mol. The summed E-state index contributed by atoms with van der Waals surface area (Å²) in [6.07, 6.45) is 4.93. The number of carbonyl (C=O) groups excluding carboxylic acids is 1. The van der Waals surface area contributed by atoms with Crippen LogP contribution in [0.5, 0.6) is 5.75 Å². The second-order valence-corrected chi connectivity index (χ2v) is 9.29. The van der Waals surface area contributed by atoms with Crippen LogP contribution in [0.4, 0.5) is 4.39 Å². The van der Waals surface area contributed by atoms with E-state index in [1.54, 1.807) is 30.5 Å². The monoisotopic (exact) mass is 535 g/mol. The minimum Gasteiger partial charge on any atom is -0.495 e. The molecule has 1 aromatic heterocycles. The summed E-state index contributed by atoms with van der Waals surface area (Å²) in [6.45, 7) is 5.90. The molecule has 0 saturated carbocycles. The number of nitrogens with one attached hydrogen (secondary N) is 1. The zero-order valence-electron chi connectivity index (χ0n) is 23.0. The topological polar surface area (TPSA) is 90.2 Å². The van der Waals surface area contributed by atoms with E-state index in [0.29, 0.717) is 17.3 Å². The van der Waals surface area contributed by atoms with Crippen LogP contribution in [0, 0.1) is 12.7 Å². The molecule has 1 aliphatic rings. The van der Waals surface area contributed by atoms with E-state index in [1.807, 2.05) is 55.8 Å². The van der Waals surface area contributed by atoms with E-state index < -0.39 is 12.3 Å². The Kier molecular flexibility index (Phi) is 8.78. The highest BCUT2D eigenvalue weighted by molar-refractivity contribution is 6.11. The number of guanidine groups is 1. The predicted octanol–water partition coefficient (Wildman–Crippen LogP) is 4.27. The van der Waals surface area contributed by atoms with Crippen molar-refractivity contribution in [2.45, 2.75) is 39.1 Å². The molecule has 206 valence electrons. The minimum absolute atomic E-state index is 0.188. The van der Waals surface area contributed by atoms with Crippen molar-refractivity contribution in [3.63, 3.8) is 0 Å². The van der Waals surface area contributed by atoms with Crippen LogP contribution in [-0.2, 0) is 14.3 Å². The van der Waals surface area contributed by atoms with Gasteiger partial charge in [-0.1, -0.05) is 18.2 Å². The van der Waals surface area contributed by atoms with E-state index in [1.165, 1.54) is 26.4 Å². The molecule has 1 N–H and O–H groups in total. The van der Waals surface area contributed by atoms with Crippen LogP contribution < -0.4 is 10.1 Å². The third-order valence-corrected chi connectivity index (χ3v) is 6.68. The smallest absolute Gasteiger partial charge is 0.259 e. The van der Waals surface area contributed by atoms with Crippen molar-refractivity contribution in [2.75, 3.05) is 27.9 Å². The molecule has 0 bridgehead atoms. The number of rotatable bonds is 9. The molecule has 1 saturated heterocycles. The van der Waals surface area contributed by atoms with Crippen molar-refractivity contribution < 1.29 is 23.4 Å². The van der Waals surface area contributed by atoms with E-state index in [9.17, 15) is 9.18 Å². The molecular formula is C29H34FN5O4. The number of methoxy groups -OCH3 is 3. The van der Waals surface area contributed by atoms with Crippen LogP contribution in [0.2, 0.25) is 0 Å². The van der Waals surface area contributed by atoms with Gasteiger partial charge in [0, 0.05) is 26.0 Å². The van der Waals surface area contributed by atoms with Gasteiger partial charge in [0.05, 0.1) is 43.4 Å². The number of ether oxygens (including phenoxy) is 3. The van der Waals surface area contributed by atoms with Crippen LogP contribution in [0.25, 0.3) is 11.8 Å². The third-order valence-electron chi connectivity index (χ3n) is 6.68. The van der Waals surface area contributed by atoms with Crippen molar-refractivity contribution in [3.8, 4) is 11.4 Å². The zero-order chi connectivity index (χ0) is 28.1. The number of aryl methyl sites for hydroxylation is 1. The van der Waals surface area contributed by atoms with Crippen LogP contribution in [-0.4, -0.2) is 66.5 Å². The van der Waals surface area contributed by atoms with Gasteiger partial charge in [-0.3, -0.25) is 9.69 Å². The van der Waals surface area contributed by atoms with Crippen molar-refractivity contribution >= 4 is 17.9 Å². The van der Waals surface area contributed by atoms with Gasteiger partial charge in [-0.25, -0.2) is 14.4 Å². The number of hydrogen-bond donors (Lipinski definition) is 1. The molecule has 9 nitrogen and oxygen atoms in total. The largest absolute Gasteiger partial charge is 0.495 e. The normalized spacial score (nSPS) is 18.6. The molecule has 0 radical (unpaired) electrons. The molecule has 3 aromatic rings. The summed E-state index contributed by atoms with van der Waals surface area (Å²) in [5.74, 6) is 0.485. The zero-order valence-corrected chi connectivity index (χ0v) is 23.0. The first-order valence-corrected chi connectivity index (χ1v) is 12.6. The maximum atomic E-state index is 14.0. The van der Waals surface area contributed by atoms with Crippen molar-refractivity contribution in [2.24, 2.45) is 4.99 Å². The number of halogens is 1. The third kappa shape index (κ3) is 6.18. The Hall–Kier alpha value is -4.02. The second-order valence-electron chi connectivity index (χ2n) is 9.29. The highest BCUT2D eigenvalue weighted by Crippen LogP contribution is 2.30. The van der Waals surface area contributed by atoms with Crippen LogP contribution in [0.15, 0.2) is 65.6 Å². The Morgan fingerprint density at radius 2 is 1.87 bits per heavy atom. The number of benzene rings is 2. The molecule has 0 spiro atoms. The Bertz CT molecular complexity index is 1360. The summed E-state index contributed by atoms with van der Waals surface area (Å²) >= 11 is 0. The van der Waals surface area contributed by atoms with Gasteiger partial charge in [0.1, 0.15) is 11.6 Å². The summed E-state index contributed by atoms with van der Waals surface area (Å²) in [5.41, 5.74) is 3.86. The summed E-state index contributed by atoms with van der Waals surface area (Å²) in [6, 6.07) is 11.1. The van der Waals surface area contributed by atoms with Gasteiger partial charge in [0.2, 0.25) is 5.96 Å². The first-order chi connectivity index (χ1) is 18.7. The molecule has 1 fully saturated rings. The fraction of sp³-hybridized carbons (Fsp3) is 0.345. The average Bonchev–Trinajstić information content (AvgIpc) is 3.37. The fourth-order valence-corrected chi connectivity index (χ4v) is 4.46. The van der Waals surface area contributed by atoms with Gasteiger partial charge in [-0.2, -0.15) is 0 Å². The van der Waals surface area contributed by atoms with Crippen molar-refractivity contribution in [3.05, 3.63) is 83.2 Å². The highest BCUT2D eigenvalue weighted by atomic mass is 19.1. The summed E-state index contributed by atoms with van der Waals surface area (Å²) in [5, 5.41) is 3.36. The molecule has 2 heterocycles. The number of aromatic nitrogens is 2. The lowest BCUT2D eigenvalue weighted by molar-refractivity contribution is -0.126. The molecule has 1 aliphatic heterocycles. The van der Waals surface area contributed by atoms with Crippen molar-refractivity contribution in [1.29, 1.82) is 0 Å². The molecule has 2 atom stereocenters. The molecule has 2 unspecified atom stereocenters. The molecule has 2 aromatic carbocycles. The number of imidazole rings is 1. The van der Waals surface area contributed by atoms with E-state index in [0.717, 1.165) is 22.5 Å². The summed E-state index contributed by atoms with van der Waals surface area (Å²) in [4.78, 5) is 24.5. The fourth-order valence-electron chi connectivity index (χ4n) is 4.46. The molecule has 4 rings (SSSR count). The molecule has 1 amide bonds. The number of carbonyl (C=O) groups is 1. The van der Waals surface area contributed by atoms with E-state index in [4.69, 9.17) is 14.2 Å². The number of nitrogens with zero attached hydrogens (tertiary/aromatic N) is 4. The quantitative estimate of drug-likeness (QED) is 0.325. The number of aliphatic imine (C=N–C) groups is 1. The average molecular weight is 536 g/mol. The van der Waals surface area contributed by atoms with Crippen LogP contribution in [0.3, 0.4) is 0 Å². The second kappa shape index (κ2) is 12.2. The summed E-state index contributed by atoms with van der Waals surface area (Å²) in [7, 11) is 4.67. The lowest BCUT2D eigenvalue weighted by Gasteiger charge is -2.38. The lowest BCUT2D eigenvalue weighted by Crippen LogP contribution is -2.57. The van der Waals surface area contributed by atoms with Crippen LogP contribution >= 0.6 is 0 Å². The lowest BCUT2D eigenvalue weighted by atomic mass is 9.98. The van der Waals surface area contributed by atoms with Crippen LogP contribution in [0.1, 0.15) is 36.7 Å². The SMILES string of the molecule is COc1cc(/C=C2/C(=O)N(C(C)c3ccc(F)cc3)/C(=N/CC(OC)OC)NC2C)ccc1-n1cnc(C)c1. The molecule has 0 aliphatic carbocycles. The van der Waals surface area contributed by atoms with Gasteiger partial charge in [-0.15, -0.1) is 0 Å². The Morgan fingerprint density at radius 3 is 2.49 bits per heavy atom. The molecule has 39 heavy (non-hydrogen) atoms. The van der Waals surface area contributed by atoms with Gasteiger partial charge in [0.15, 0.2) is 6.29 Å². The van der Waals surface area contributed by atoms with E-state index >= 15 is 0 Å². The maximum Gasteiger partial charge on any atom is 0.259 e. The number of amides is 1. The summed E-state index contributed by atoms with van der Waals surface area (Å²) < 4.78 is 31.7. The minimum atomic E-state index is -0.560. The maximum absolute atomic E-state index is 14.0. The standard InChI is InChI=1S/C29H34FN5O4/c1-18-16-34(17-32-18)25-12-7-21(14-26(25)37-4)13-24-19(2)33-29(31-15-27(38-5)39-6)35(28(24)36)20(3)22-8-10-23(30)11-9-22/h7-14,16-17,19-20,27H,15H2,1-6H3,(H,31,33)/b24-13+. The van der Waals surface area contributed by atoms with E-state index in [-0.39, 0.29) is 24.3 Å². The first-order valence-electron chi connectivity index (χ1n) is 12.6. The Labute approximate surface area is 227 Å². The van der Waals surface area contributed by atoms with E-state index in [2.05, 4.69) is 15.3 Å². The molecular weight excluding hydrogens is 501 g/mol. The van der Waals surface area contributed by atoms with Gasteiger partial charge < -0.3 is 24.1 Å². The number of hydrogen-bond acceptors (Lipinski definition) is 6. The van der Waals surface area contributed by atoms with Gasteiger partial charge in [-0.05, 0) is 62.2 Å².